The van der Waals surface area contributed by atoms with Gasteiger partial charge in [-0.05, 0) is 12.8 Å². The van der Waals surface area contributed by atoms with E-state index in [9.17, 15) is 25.2 Å². The van der Waals surface area contributed by atoms with Crippen molar-refractivity contribution in [3.63, 3.8) is 0 Å². The zero-order valence-electron chi connectivity index (χ0n) is 8.83. The first-order valence-corrected chi connectivity index (χ1v) is 6.71. The van der Waals surface area contributed by atoms with Gasteiger partial charge in [0.05, 0.1) is 7.05 Å². The van der Waals surface area contributed by atoms with Crippen LogP contribution >= 0.6 is 7.81 Å². The Kier molecular flexibility index (Phi) is 2.94. The van der Waals surface area contributed by atoms with Crippen LogP contribution in [-0.4, -0.2) is 15.1 Å². The molecule has 1 aliphatic rings. The Hall–Kier alpha value is -0.920. The Labute approximate surface area is 92.4 Å². The van der Waals surface area contributed by atoms with Gasteiger partial charge in [-0.2, -0.15) is 0 Å². The summed E-state index contributed by atoms with van der Waals surface area (Å²) in [6.45, 7) is 1.04. The van der Waals surface area contributed by atoms with Gasteiger partial charge in [-0.15, -0.1) is 4.68 Å². The van der Waals surface area contributed by atoms with Crippen molar-refractivity contribution in [3.8, 4) is 0 Å². The van der Waals surface area contributed by atoms with Gasteiger partial charge in [0.1, 0.15) is 11.8 Å². The van der Waals surface area contributed by atoms with E-state index < -0.39 is 7.81 Å². The van der Waals surface area contributed by atoms with Crippen molar-refractivity contribution in [3.05, 3.63) is 5.82 Å². The molecule has 102 valence electrons. The third-order valence-electron chi connectivity index (χ3n) is 1.97. The van der Waals surface area contributed by atoms with Crippen molar-refractivity contribution in [1.29, 1.82) is 0 Å². The van der Waals surface area contributed by atoms with Crippen molar-refractivity contribution in [2.45, 2.75) is 25.8 Å². The van der Waals surface area contributed by atoms with Gasteiger partial charge in [-0.3, -0.25) is 0 Å². The van der Waals surface area contributed by atoms with E-state index in [1.54, 1.807) is 0 Å². The fraction of sp³-hybridized carbons (Fsp3) is 0.833. The molecule has 0 bridgehead atoms. The molecular formula is C6H11F6N4P. The van der Waals surface area contributed by atoms with Crippen LogP contribution in [-0.2, 0) is 20.0 Å². The number of hydrogen-bond acceptors (Lipinski definition) is 2. The van der Waals surface area contributed by atoms with Crippen molar-refractivity contribution in [2.75, 3.05) is 0 Å². The van der Waals surface area contributed by atoms with Crippen LogP contribution in [0.5, 0.6) is 0 Å². The second-order valence-electron chi connectivity index (χ2n) is 3.66. The van der Waals surface area contributed by atoms with E-state index >= 15 is 0 Å². The molecule has 0 saturated heterocycles. The van der Waals surface area contributed by atoms with Gasteiger partial charge in [0, 0.05) is 6.42 Å². The number of halogens is 6. The fourth-order valence-corrected chi connectivity index (χ4v) is 1.39. The zero-order valence-corrected chi connectivity index (χ0v) is 9.73. The summed E-state index contributed by atoms with van der Waals surface area (Å²) < 4.78 is 63.0. The predicted molar refractivity (Wildman–Crippen MR) is 47.7 cm³/mol. The molecule has 1 aromatic heterocycles. The number of aryl methyl sites for hydroxylation is 2. The minimum atomic E-state index is -10.7. The molecule has 2 rings (SSSR count). The molecule has 0 saturated carbocycles. The SMILES string of the molecule is C[n+]1nnn2c1CCCC2.F[P-](F)(F)(F)(F)F. The molecule has 0 fully saturated rings. The topological polar surface area (TPSA) is 34.6 Å². The molecule has 0 amide bonds. The Morgan fingerprint density at radius 3 is 2.12 bits per heavy atom. The summed E-state index contributed by atoms with van der Waals surface area (Å²) in [6.07, 6.45) is 3.65. The molecule has 2 heterocycles. The van der Waals surface area contributed by atoms with E-state index in [2.05, 4.69) is 10.4 Å². The second-order valence-corrected chi connectivity index (χ2v) is 5.57. The molecule has 4 nitrogen and oxygen atoms in total. The zero-order chi connectivity index (χ0) is 13.4. The van der Waals surface area contributed by atoms with Crippen LogP contribution in [0.3, 0.4) is 0 Å². The Morgan fingerprint density at radius 2 is 1.65 bits per heavy atom. The number of nitrogens with zero attached hydrogens (tertiary/aromatic N) is 4. The first-order valence-electron chi connectivity index (χ1n) is 4.68. The molecule has 0 aliphatic carbocycles. The Morgan fingerprint density at radius 1 is 1.12 bits per heavy atom. The first kappa shape index (κ1) is 14.1. The van der Waals surface area contributed by atoms with Gasteiger partial charge in [0.15, 0.2) is 5.21 Å². The van der Waals surface area contributed by atoms with Gasteiger partial charge >= 0.3 is 33.0 Å². The molecule has 0 aromatic carbocycles. The van der Waals surface area contributed by atoms with Crippen LogP contribution in [0, 0.1) is 0 Å². The van der Waals surface area contributed by atoms with Crippen molar-refractivity contribution >= 4 is 7.81 Å². The number of rotatable bonds is 0. The summed E-state index contributed by atoms with van der Waals surface area (Å²) in [5, 5.41) is 7.91. The number of fused-ring (bicyclic) bond motifs is 1. The standard InChI is InChI=1S/C6H11N4.F6P/c1-9-6-4-2-3-5-10(6)8-7-9;1-7(2,3,4,5)6/h2-5H2,1H3;/q+1;-1. The Balaban J connectivity index is 0.000000185. The maximum atomic E-state index is 9.87. The van der Waals surface area contributed by atoms with Gasteiger partial charge < -0.3 is 0 Å². The Bertz CT molecular complexity index is 397. The van der Waals surface area contributed by atoms with Gasteiger partial charge in [-0.1, -0.05) is 4.68 Å². The molecule has 0 radical (unpaired) electrons. The molecule has 0 spiro atoms. The number of hydrogen-bond donors (Lipinski definition) is 0. The molecule has 1 aromatic rings. The van der Waals surface area contributed by atoms with E-state index in [0.29, 0.717) is 0 Å². The van der Waals surface area contributed by atoms with Crippen molar-refractivity contribution in [2.24, 2.45) is 7.05 Å². The molecular weight excluding hydrogens is 273 g/mol. The van der Waals surface area contributed by atoms with Crippen molar-refractivity contribution in [1.82, 2.24) is 15.1 Å². The van der Waals surface area contributed by atoms with Crippen LogP contribution < -0.4 is 4.68 Å². The van der Waals surface area contributed by atoms with E-state index in [4.69, 9.17) is 0 Å². The first-order chi connectivity index (χ1) is 7.33. The normalized spacial score (nSPS) is 19.5. The molecule has 17 heavy (non-hydrogen) atoms. The summed E-state index contributed by atoms with van der Waals surface area (Å²) in [5.41, 5.74) is 0. The third kappa shape index (κ3) is 7.09. The molecule has 1 aliphatic heterocycles. The van der Waals surface area contributed by atoms with Gasteiger partial charge in [-0.25, -0.2) is 0 Å². The van der Waals surface area contributed by atoms with Crippen molar-refractivity contribution < 1.29 is 29.9 Å². The average molecular weight is 284 g/mol. The van der Waals surface area contributed by atoms with Crippen LogP contribution in [0.15, 0.2) is 0 Å². The third-order valence-corrected chi connectivity index (χ3v) is 1.97. The monoisotopic (exact) mass is 284 g/mol. The van der Waals surface area contributed by atoms with E-state index in [1.807, 2.05) is 16.4 Å². The molecule has 11 heteroatoms. The number of aromatic nitrogens is 4. The van der Waals surface area contributed by atoms with Crippen LogP contribution in [0.1, 0.15) is 18.7 Å². The summed E-state index contributed by atoms with van der Waals surface area (Å²) >= 11 is 0. The average Bonchev–Trinajstić information content (AvgIpc) is 2.43. The second kappa shape index (κ2) is 3.54. The summed E-state index contributed by atoms with van der Waals surface area (Å²) in [4.78, 5) is 0. The van der Waals surface area contributed by atoms with Crippen LogP contribution in [0.25, 0.3) is 0 Å². The van der Waals surface area contributed by atoms with Crippen LogP contribution in [0.4, 0.5) is 25.2 Å². The van der Waals surface area contributed by atoms with Gasteiger partial charge in [0.25, 0.3) is 5.82 Å². The molecule has 0 unspecified atom stereocenters. The minimum absolute atomic E-state index is 1.04. The number of tetrazole rings is 1. The van der Waals surface area contributed by atoms with E-state index in [0.717, 1.165) is 13.0 Å². The summed E-state index contributed by atoms with van der Waals surface area (Å²) in [6, 6.07) is 0. The van der Waals surface area contributed by atoms with Gasteiger partial charge in [0.2, 0.25) is 0 Å². The predicted octanol–water partition coefficient (Wildman–Crippen LogP) is 2.82. The van der Waals surface area contributed by atoms with E-state index in [1.165, 1.54) is 18.7 Å². The molecule has 0 atom stereocenters. The summed E-state index contributed by atoms with van der Waals surface area (Å²) in [7, 11) is -8.71. The molecule has 0 N–H and O–H groups in total. The summed E-state index contributed by atoms with van der Waals surface area (Å²) in [5.74, 6) is 1.26. The quantitative estimate of drug-likeness (QED) is 0.417. The maximum absolute atomic E-state index is 10.7. The van der Waals surface area contributed by atoms with Crippen LogP contribution in [0.2, 0.25) is 0 Å². The van der Waals surface area contributed by atoms with E-state index in [-0.39, 0.29) is 0 Å². The fourth-order valence-electron chi connectivity index (χ4n) is 1.39.